The molecule has 0 aliphatic carbocycles. The first-order valence-corrected chi connectivity index (χ1v) is 4.34. The highest BCUT2D eigenvalue weighted by Gasteiger charge is 2.40. The molecule has 1 heterocycles. The van der Waals surface area contributed by atoms with Crippen molar-refractivity contribution in [2.45, 2.75) is 19.2 Å². The molecule has 17 heavy (non-hydrogen) atoms. The lowest BCUT2D eigenvalue weighted by Crippen LogP contribution is -2.15. The molecule has 0 saturated carbocycles. The van der Waals surface area contributed by atoms with E-state index in [-0.39, 0.29) is 0 Å². The number of rotatable bonds is 3. The summed E-state index contributed by atoms with van der Waals surface area (Å²) in [5, 5.41) is 8.84. The smallest absolute Gasteiger partial charge is 0.417 e. The maximum absolute atomic E-state index is 12.6. The van der Waals surface area contributed by atoms with Gasteiger partial charge in [0.25, 0.3) is 6.43 Å². The van der Waals surface area contributed by atoms with Crippen LogP contribution >= 0.6 is 0 Å². The molecular weight excluding hydrogens is 249 g/mol. The third kappa shape index (κ3) is 2.63. The van der Waals surface area contributed by atoms with E-state index in [0.717, 1.165) is 7.11 Å². The van der Waals surface area contributed by atoms with Gasteiger partial charge < -0.3 is 9.84 Å². The fraction of sp³-hybridized carbons (Fsp3) is 0.444. The zero-order valence-corrected chi connectivity index (χ0v) is 8.55. The van der Waals surface area contributed by atoms with Crippen LogP contribution in [0, 0.1) is 0 Å². The molecular formula is C9H8F5NO2. The van der Waals surface area contributed by atoms with Crippen LogP contribution in [-0.4, -0.2) is 17.2 Å². The van der Waals surface area contributed by atoms with Gasteiger partial charge in [-0.3, -0.25) is 0 Å². The number of aromatic nitrogens is 1. The van der Waals surface area contributed by atoms with Gasteiger partial charge in [0.1, 0.15) is 0 Å². The lowest BCUT2D eigenvalue weighted by molar-refractivity contribution is -0.140. The summed E-state index contributed by atoms with van der Waals surface area (Å²) in [6, 6.07) is 0. The van der Waals surface area contributed by atoms with Crippen LogP contribution in [0.5, 0.6) is 5.88 Å². The first-order chi connectivity index (χ1) is 7.82. The second-order valence-corrected chi connectivity index (χ2v) is 3.03. The van der Waals surface area contributed by atoms with E-state index < -0.39 is 41.8 Å². The van der Waals surface area contributed by atoms with Crippen LogP contribution in [0.2, 0.25) is 0 Å². The van der Waals surface area contributed by atoms with Crippen molar-refractivity contribution in [2.24, 2.45) is 0 Å². The Morgan fingerprint density at radius 2 is 2.00 bits per heavy atom. The molecule has 3 nitrogen and oxygen atoms in total. The van der Waals surface area contributed by atoms with Crippen molar-refractivity contribution < 1.29 is 31.8 Å². The predicted octanol–water partition coefficient (Wildman–Crippen LogP) is 2.54. The van der Waals surface area contributed by atoms with E-state index in [9.17, 15) is 22.0 Å². The molecule has 0 aliphatic rings. The number of methoxy groups -OCH3 is 1. The molecule has 1 rings (SSSR count). The average Bonchev–Trinajstić information content (AvgIpc) is 2.25. The fourth-order valence-electron chi connectivity index (χ4n) is 1.37. The molecule has 0 fully saturated rings. The first kappa shape index (κ1) is 13.6. The number of nitrogens with zero attached hydrogens (tertiary/aromatic N) is 1. The van der Waals surface area contributed by atoms with E-state index in [0.29, 0.717) is 6.20 Å². The summed E-state index contributed by atoms with van der Waals surface area (Å²) >= 11 is 0. The maximum Gasteiger partial charge on any atom is 0.417 e. The monoisotopic (exact) mass is 257 g/mol. The van der Waals surface area contributed by atoms with Crippen LogP contribution in [0.4, 0.5) is 22.0 Å². The first-order valence-electron chi connectivity index (χ1n) is 4.34. The highest BCUT2D eigenvalue weighted by atomic mass is 19.4. The van der Waals surface area contributed by atoms with Gasteiger partial charge in [-0.25, -0.2) is 13.8 Å². The quantitative estimate of drug-likeness (QED) is 0.846. The van der Waals surface area contributed by atoms with E-state index >= 15 is 0 Å². The minimum Gasteiger partial charge on any atom is -0.481 e. The number of hydrogen-bond acceptors (Lipinski definition) is 3. The number of aliphatic hydroxyl groups excluding tert-OH is 1. The molecule has 0 atom stereocenters. The van der Waals surface area contributed by atoms with E-state index in [1.807, 2.05) is 0 Å². The van der Waals surface area contributed by atoms with Crippen molar-refractivity contribution in [2.75, 3.05) is 7.11 Å². The summed E-state index contributed by atoms with van der Waals surface area (Å²) < 4.78 is 67.3. The van der Waals surface area contributed by atoms with Gasteiger partial charge in [-0.2, -0.15) is 13.2 Å². The third-order valence-corrected chi connectivity index (χ3v) is 2.04. The number of aliphatic hydroxyl groups is 1. The molecule has 0 saturated heterocycles. The Hall–Kier alpha value is -1.44. The lowest BCUT2D eigenvalue weighted by Gasteiger charge is -2.17. The Balaban J connectivity index is 3.56. The molecule has 0 radical (unpaired) electrons. The highest BCUT2D eigenvalue weighted by molar-refractivity contribution is 5.42. The molecule has 0 spiro atoms. The van der Waals surface area contributed by atoms with E-state index in [2.05, 4.69) is 9.72 Å². The molecule has 0 bridgehead atoms. The number of hydrogen-bond donors (Lipinski definition) is 1. The number of halogens is 5. The van der Waals surface area contributed by atoms with Crippen LogP contribution in [-0.2, 0) is 12.8 Å². The van der Waals surface area contributed by atoms with E-state index in [1.165, 1.54) is 0 Å². The van der Waals surface area contributed by atoms with Crippen molar-refractivity contribution >= 4 is 0 Å². The van der Waals surface area contributed by atoms with E-state index in [1.54, 1.807) is 0 Å². The Morgan fingerprint density at radius 1 is 1.41 bits per heavy atom. The molecule has 8 heteroatoms. The van der Waals surface area contributed by atoms with Crippen LogP contribution in [0.15, 0.2) is 6.20 Å². The molecule has 1 aromatic heterocycles. The number of ether oxygens (including phenoxy) is 1. The van der Waals surface area contributed by atoms with Crippen LogP contribution in [0.1, 0.15) is 23.1 Å². The second kappa shape index (κ2) is 4.82. The summed E-state index contributed by atoms with van der Waals surface area (Å²) in [6.07, 6.45) is -7.96. The van der Waals surface area contributed by atoms with Crippen LogP contribution in [0.3, 0.4) is 0 Å². The van der Waals surface area contributed by atoms with Crippen molar-refractivity contribution in [1.82, 2.24) is 4.98 Å². The Kier molecular flexibility index (Phi) is 3.87. The lowest BCUT2D eigenvalue weighted by atomic mass is 10.0. The molecule has 0 aliphatic heterocycles. The van der Waals surface area contributed by atoms with Gasteiger partial charge in [0.2, 0.25) is 5.88 Å². The van der Waals surface area contributed by atoms with Crippen molar-refractivity contribution in [1.29, 1.82) is 0 Å². The van der Waals surface area contributed by atoms with Gasteiger partial charge >= 0.3 is 6.18 Å². The number of alkyl halides is 5. The van der Waals surface area contributed by atoms with Crippen molar-refractivity contribution in [3.05, 3.63) is 22.9 Å². The van der Waals surface area contributed by atoms with Gasteiger partial charge in [-0.05, 0) is 0 Å². The van der Waals surface area contributed by atoms with Gasteiger partial charge in [0.15, 0.2) is 0 Å². The molecule has 1 aromatic rings. The van der Waals surface area contributed by atoms with Crippen molar-refractivity contribution in [3.8, 4) is 5.88 Å². The number of pyridine rings is 1. The average molecular weight is 257 g/mol. The maximum atomic E-state index is 12.6. The molecule has 96 valence electrons. The zero-order valence-electron chi connectivity index (χ0n) is 8.55. The normalized spacial score (nSPS) is 12.0. The SMILES string of the molecule is COc1ncc(C(F)F)c(C(F)(F)F)c1CO. The summed E-state index contributed by atoms with van der Waals surface area (Å²) in [7, 11) is 1.03. The fourth-order valence-corrected chi connectivity index (χ4v) is 1.37. The Morgan fingerprint density at radius 3 is 2.35 bits per heavy atom. The van der Waals surface area contributed by atoms with Crippen molar-refractivity contribution in [3.63, 3.8) is 0 Å². The highest BCUT2D eigenvalue weighted by Crippen LogP contribution is 2.40. The standard InChI is InChI=1S/C9H8F5NO2/c1-17-8-5(3-16)6(9(12,13)14)4(2-15-8)7(10)11/h2,7,16H,3H2,1H3. The minimum absolute atomic E-state index is 0.394. The second-order valence-electron chi connectivity index (χ2n) is 3.03. The summed E-state index contributed by atoms with van der Waals surface area (Å²) in [4.78, 5) is 3.30. The molecule has 0 aromatic carbocycles. The Bertz CT molecular complexity index is 405. The van der Waals surface area contributed by atoms with Gasteiger partial charge in [0, 0.05) is 11.8 Å². The van der Waals surface area contributed by atoms with Gasteiger partial charge in [-0.15, -0.1) is 0 Å². The van der Waals surface area contributed by atoms with E-state index in [4.69, 9.17) is 5.11 Å². The largest absolute Gasteiger partial charge is 0.481 e. The van der Waals surface area contributed by atoms with Crippen LogP contribution < -0.4 is 4.74 Å². The Labute approximate surface area is 92.8 Å². The summed E-state index contributed by atoms with van der Waals surface area (Å²) in [6.45, 7) is -1.09. The third-order valence-electron chi connectivity index (χ3n) is 2.04. The molecule has 1 N–H and O–H groups in total. The molecule has 0 unspecified atom stereocenters. The summed E-state index contributed by atoms with van der Waals surface area (Å²) in [5.41, 5.74) is -3.66. The van der Waals surface area contributed by atoms with Gasteiger partial charge in [-0.1, -0.05) is 0 Å². The van der Waals surface area contributed by atoms with Crippen LogP contribution in [0.25, 0.3) is 0 Å². The summed E-state index contributed by atoms with van der Waals surface area (Å²) in [5.74, 6) is -0.524. The predicted molar refractivity (Wildman–Crippen MR) is 46.7 cm³/mol. The molecule has 0 amide bonds. The van der Waals surface area contributed by atoms with Gasteiger partial charge in [0.05, 0.1) is 24.8 Å². The topological polar surface area (TPSA) is 42.4 Å². The zero-order chi connectivity index (χ0) is 13.2. The minimum atomic E-state index is -5.01.